The second kappa shape index (κ2) is 5.02. The smallest absolute Gasteiger partial charge is 0.354 e. The molecule has 0 saturated heterocycles. The van der Waals surface area contributed by atoms with Crippen molar-refractivity contribution in [1.82, 2.24) is 4.98 Å². The molecule has 0 unspecified atom stereocenters. The van der Waals surface area contributed by atoms with Crippen molar-refractivity contribution in [3.05, 3.63) is 29.1 Å². The van der Waals surface area contributed by atoms with Crippen molar-refractivity contribution < 1.29 is 33.8 Å². The van der Waals surface area contributed by atoms with Gasteiger partial charge in [0.05, 0.1) is 5.69 Å². The number of halogens is 1. The van der Waals surface area contributed by atoms with E-state index in [2.05, 4.69) is 4.98 Å². The zero-order valence-corrected chi connectivity index (χ0v) is 8.51. The molecular formula is C8H8FNO2Rh. The standard InChI is InChI=1S/C8H8FNO2.Rh/c1-5-2-6(4-9)10-7(3-5)8(11)12;/h2-3H,4H2,1H3,(H,11,12);. The maximum absolute atomic E-state index is 12.1. The molecule has 1 rings (SSSR count). The van der Waals surface area contributed by atoms with Gasteiger partial charge in [0, 0.05) is 19.5 Å². The summed E-state index contributed by atoms with van der Waals surface area (Å²) >= 11 is 0. The molecule has 5 heteroatoms. The molecule has 1 heterocycles. The molecule has 73 valence electrons. The van der Waals surface area contributed by atoms with Crippen LogP contribution < -0.4 is 0 Å². The minimum Gasteiger partial charge on any atom is -0.477 e. The van der Waals surface area contributed by atoms with Crippen LogP contribution in [0.2, 0.25) is 0 Å². The second-order valence-corrected chi connectivity index (χ2v) is 2.46. The molecule has 1 aromatic rings. The fourth-order valence-electron chi connectivity index (χ4n) is 0.917. The molecule has 0 fully saturated rings. The number of carboxylic acids is 1. The Hall–Kier alpha value is -0.827. The first-order valence-corrected chi connectivity index (χ1v) is 3.40. The fraction of sp³-hybridized carbons (Fsp3) is 0.250. The van der Waals surface area contributed by atoms with E-state index < -0.39 is 12.6 Å². The topological polar surface area (TPSA) is 50.2 Å². The Kier molecular flexibility index (Phi) is 4.70. The van der Waals surface area contributed by atoms with Crippen LogP contribution in [0.15, 0.2) is 12.1 Å². The maximum Gasteiger partial charge on any atom is 0.354 e. The molecule has 0 amide bonds. The van der Waals surface area contributed by atoms with Gasteiger partial charge in [0.25, 0.3) is 0 Å². The van der Waals surface area contributed by atoms with Crippen molar-refractivity contribution >= 4 is 5.97 Å². The van der Waals surface area contributed by atoms with Crippen LogP contribution >= 0.6 is 0 Å². The van der Waals surface area contributed by atoms with Crippen LogP contribution in [0.4, 0.5) is 4.39 Å². The number of alkyl halides is 1. The average molecular weight is 272 g/mol. The zero-order chi connectivity index (χ0) is 9.14. The van der Waals surface area contributed by atoms with Gasteiger partial charge in [0.2, 0.25) is 0 Å². The van der Waals surface area contributed by atoms with Gasteiger partial charge in [0.15, 0.2) is 0 Å². The third kappa shape index (κ3) is 3.19. The van der Waals surface area contributed by atoms with Gasteiger partial charge >= 0.3 is 5.97 Å². The molecule has 0 saturated carbocycles. The van der Waals surface area contributed by atoms with Gasteiger partial charge in [-0.05, 0) is 24.6 Å². The summed E-state index contributed by atoms with van der Waals surface area (Å²) in [6.45, 7) is 0.967. The van der Waals surface area contributed by atoms with Crippen LogP contribution in [0.1, 0.15) is 21.7 Å². The van der Waals surface area contributed by atoms with Crippen LogP contribution in [-0.4, -0.2) is 16.1 Å². The fourth-order valence-corrected chi connectivity index (χ4v) is 0.917. The van der Waals surface area contributed by atoms with Gasteiger partial charge in [-0.25, -0.2) is 14.2 Å². The summed E-state index contributed by atoms with van der Waals surface area (Å²) in [7, 11) is 0. The third-order valence-electron chi connectivity index (χ3n) is 1.38. The average Bonchev–Trinajstić information content (AvgIpc) is 2.03. The number of hydrogen-bond donors (Lipinski definition) is 1. The van der Waals surface area contributed by atoms with Gasteiger partial charge in [-0.15, -0.1) is 0 Å². The SMILES string of the molecule is Cc1cc(CF)nc(C(=O)O)c1.[Rh]. The molecule has 0 aromatic carbocycles. The molecule has 0 aliphatic carbocycles. The summed E-state index contributed by atoms with van der Waals surface area (Å²) in [5.74, 6) is -1.13. The number of pyridine rings is 1. The largest absolute Gasteiger partial charge is 0.477 e. The van der Waals surface area contributed by atoms with E-state index in [9.17, 15) is 9.18 Å². The zero-order valence-electron chi connectivity index (χ0n) is 6.88. The normalized spacial score (nSPS) is 9.08. The summed E-state index contributed by atoms with van der Waals surface area (Å²) in [4.78, 5) is 14.0. The molecular weight excluding hydrogens is 264 g/mol. The Morgan fingerprint density at radius 3 is 2.69 bits per heavy atom. The van der Waals surface area contributed by atoms with Crippen molar-refractivity contribution in [2.45, 2.75) is 13.6 Å². The number of aryl methyl sites for hydroxylation is 1. The minimum absolute atomic E-state index is 0. The van der Waals surface area contributed by atoms with E-state index in [1.54, 1.807) is 6.92 Å². The molecule has 1 radical (unpaired) electrons. The summed E-state index contributed by atoms with van der Waals surface area (Å²) in [6.07, 6.45) is 0. The van der Waals surface area contributed by atoms with E-state index in [1.807, 2.05) is 0 Å². The molecule has 1 aromatic heterocycles. The number of hydrogen-bond acceptors (Lipinski definition) is 2. The van der Waals surface area contributed by atoms with E-state index in [1.165, 1.54) is 12.1 Å². The summed E-state index contributed by atoms with van der Waals surface area (Å²) in [6, 6.07) is 2.92. The van der Waals surface area contributed by atoms with Gasteiger partial charge in [-0.1, -0.05) is 0 Å². The number of carbonyl (C=O) groups is 1. The Labute approximate surface area is 87.8 Å². The van der Waals surface area contributed by atoms with Crippen LogP contribution in [0, 0.1) is 6.92 Å². The number of nitrogens with zero attached hydrogens (tertiary/aromatic N) is 1. The summed E-state index contributed by atoms with van der Waals surface area (Å²) < 4.78 is 12.1. The quantitative estimate of drug-likeness (QED) is 0.831. The van der Waals surface area contributed by atoms with Crippen LogP contribution in [0.25, 0.3) is 0 Å². The summed E-state index contributed by atoms with van der Waals surface area (Å²) in [5.41, 5.74) is 0.755. The molecule has 3 nitrogen and oxygen atoms in total. The van der Waals surface area contributed by atoms with E-state index in [0.29, 0.717) is 5.56 Å². The van der Waals surface area contributed by atoms with E-state index in [-0.39, 0.29) is 30.9 Å². The monoisotopic (exact) mass is 272 g/mol. The first kappa shape index (κ1) is 12.2. The molecule has 0 spiro atoms. The Bertz CT molecular complexity index is 317. The molecule has 0 atom stereocenters. The van der Waals surface area contributed by atoms with Gasteiger partial charge in [0.1, 0.15) is 12.4 Å². The minimum atomic E-state index is -1.13. The molecule has 0 bridgehead atoms. The third-order valence-corrected chi connectivity index (χ3v) is 1.38. The Morgan fingerprint density at radius 2 is 2.23 bits per heavy atom. The first-order chi connectivity index (χ1) is 5.63. The van der Waals surface area contributed by atoms with E-state index >= 15 is 0 Å². The van der Waals surface area contributed by atoms with Gasteiger partial charge < -0.3 is 5.11 Å². The second-order valence-electron chi connectivity index (χ2n) is 2.46. The van der Waals surface area contributed by atoms with Crippen molar-refractivity contribution in [2.75, 3.05) is 0 Å². The molecule has 13 heavy (non-hydrogen) atoms. The maximum atomic E-state index is 12.1. The van der Waals surface area contributed by atoms with Crippen molar-refractivity contribution in [2.24, 2.45) is 0 Å². The van der Waals surface area contributed by atoms with Crippen molar-refractivity contribution in [3.63, 3.8) is 0 Å². The van der Waals surface area contributed by atoms with Crippen molar-refractivity contribution in [1.29, 1.82) is 0 Å². The summed E-state index contributed by atoms with van der Waals surface area (Å²) in [5, 5.41) is 8.54. The number of rotatable bonds is 2. The Morgan fingerprint density at radius 1 is 1.62 bits per heavy atom. The molecule has 0 aliphatic heterocycles. The van der Waals surface area contributed by atoms with Crippen molar-refractivity contribution in [3.8, 4) is 0 Å². The van der Waals surface area contributed by atoms with E-state index in [4.69, 9.17) is 5.11 Å². The van der Waals surface area contributed by atoms with Crippen LogP contribution in [-0.2, 0) is 26.2 Å². The Balaban J connectivity index is 0.00000144. The molecule has 0 aliphatic rings. The number of aromatic carboxylic acids is 1. The van der Waals surface area contributed by atoms with E-state index in [0.717, 1.165) is 0 Å². The van der Waals surface area contributed by atoms with Gasteiger partial charge in [-0.3, -0.25) is 0 Å². The predicted molar refractivity (Wildman–Crippen MR) is 40.7 cm³/mol. The predicted octanol–water partition coefficient (Wildman–Crippen LogP) is 1.56. The number of carboxylic acid groups (broad SMARTS) is 1. The van der Waals surface area contributed by atoms with Gasteiger partial charge in [-0.2, -0.15) is 0 Å². The number of aromatic nitrogens is 1. The molecule has 1 N–H and O–H groups in total. The van der Waals surface area contributed by atoms with Crippen LogP contribution in [0.3, 0.4) is 0 Å². The first-order valence-electron chi connectivity index (χ1n) is 3.40. The van der Waals surface area contributed by atoms with Crippen LogP contribution in [0.5, 0.6) is 0 Å².